The molecule has 0 saturated carbocycles. The third kappa shape index (κ3) is 4.97. The van der Waals surface area contributed by atoms with Crippen LogP contribution in [0.4, 0.5) is 10.5 Å². The lowest BCUT2D eigenvalue weighted by Gasteiger charge is -2.29. The highest BCUT2D eigenvalue weighted by Gasteiger charge is 2.34. The molecule has 2 amide bonds. The van der Waals surface area contributed by atoms with E-state index >= 15 is 0 Å². The second kappa shape index (κ2) is 6.55. The zero-order valence-electron chi connectivity index (χ0n) is 10.9. The molecule has 0 aliphatic carbocycles. The van der Waals surface area contributed by atoms with Gasteiger partial charge < -0.3 is 15.5 Å². The van der Waals surface area contributed by atoms with E-state index in [1.165, 1.54) is 4.90 Å². The van der Waals surface area contributed by atoms with Crippen molar-refractivity contribution in [1.29, 1.82) is 0 Å². The Balaban J connectivity index is 2.88. The van der Waals surface area contributed by atoms with Crippen LogP contribution >= 0.6 is 34.8 Å². The SMILES string of the molecule is Cc1ccccc1N[C@@H](NC(=O)N(C)C)C(Cl)(Cl)Cl. The third-order valence-electron chi connectivity index (χ3n) is 2.45. The maximum Gasteiger partial charge on any atom is 0.318 e. The lowest BCUT2D eigenvalue weighted by atomic mass is 10.2. The van der Waals surface area contributed by atoms with E-state index in [2.05, 4.69) is 10.6 Å². The Labute approximate surface area is 128 Å². The van der Waals surface area contributed by atoms with Gasteiger partial charge in [0.05, 0.1) is 0 Å². The number of para-hydroxylation sites is 1. The van der Waals surface area contributed by atoms with Gasteiger partial charge in [-0.3, -0.25) is 0 Å². The molecule has 0 unspecified atom stereocenters. The fourth-order valence-corrected chi connectivity index (χ4v) is 1.67. The average molecular weight is 325 g/mol. The first kappa shape index (κ1) is 16.2. The third-order valence-corrected chi connectivity index (χ3v) is 3.10. The van der Waals surface area contributed by atoms with Crippen molar-refractivity contribution in [2.45, 2.75) is 16.9 Å². The van der Waals surface area contributed by atoms with Crippen LogP contribution in [-0.2, 0) is 0 Å². The maximum absolute atomic E-state index is 11.7. The van der Waals surface area contributed by atoms with E-state index in [1.807, 2.05) is 31.2 Å². The van der Waals surface area contributed by atoms with Crippen molar-refractivity contribution in [2.75, 3.05) is 19.4 Å². The van der Waals surface area contributed by atoms with Gasteiger partial charge in [-0.2, -0.15) is 0 Å². The lowest BCUT2D eigenvalue weighted by molar-refractivity contribution is 0.214. The summed E-state index contributed by atoms with van der Waals surface area (Å²) in [5.74, 6) is 0. The molecule has 1 aromatic carbocycles. The predicted molar refractivity (Wildman–Crippen MR) is 81.1 cm³/mol. The van der Waals surface area contributed by atoms with Crippen LogP contribution in [0.1, 0.15) is 5.56 Å². The van der Waals surface area contributed by atoms with Crippen molar-refractivity contribution >= 4 is 46.5 Å². The number of hydrogen-bond acceptors (Lipinski definition) is 2. The van der Waals surface area contributed by atoms with Gasteiger partial charge in [0.25, 0.3) is 0 Å². The summed E-state index contributed by atoms with van der Waals surface area (Å²) < 4.78 is -1.67. The van der Waals surface area contributed by atoms with Crippen LogP contribution in [0.15, 0.2) is 24.3 Å². The molecule has 1 rings (SSSR count). The minimum atomic E-state index is -1.67. The van der Waals surface area contributed by atoms with Crippen molar-refractivity contribution in [3.05, 3.63) is 29.8 Å². The zero-order chi connectivity index (χ0) is 14.6. The Bertz CT molecular complexity index is 446. The number of aryl methyl sites for hydroxylation is 1. The molecule has 7 heteroatoms. The molecule has 0 fully saturated rings. The van der Waals surface area contributed by atoms with Gasteiger partial charge in [-0.05, 0) is 18.6 Å². The number of urea groups is 1. The number of carbonyl (C=O) groups is 1. The highest BCUT2D eigenvalue weighted by atomic mass is 35.6. The molecule has 1 atom stereocenters. The molecule has 19 heavy (non-hydrogen) atoms. The molecule has 106 valence electrons. The second-order valence-corrected chi connectivity index (χ2v) is 6.65. The summed E-state index contributed by atoms with van der Waals surface area (Å²) in [7, 11) is 3.22. The fourth-order valence-electron chi connectivity index (χ4n) is 1.34. The number of nitrogens with one attached hydrogen (secondary N) is 2. The van der Waals surface area contributed by atoms with Crippen molar-refractivity contribution in [3.63, 3.8) is 0 Å². The highest BCUT2D eigenvalue weighted by molar-refractivity contribution is 6.68. The first-order valence-corrected chi connectivity index (χ1v) is 6.72. The van der Waals surface area contributed by atoms with Crippen molar-refractivity contribution in [1.82, 2.24) is 10.2 Å². The number of alkyl halides is 3. The van der Waals surface area contributed by atoms with E-state index < -0.39 is 9.96 Å². The number of halogens is 3. The van der Waals surface area contributed by atoms with Crippen LogP contribution in [0.5, 0.6) is 0 Å². The first-order chi connectivity index (χ1) is 8.71. The summed E-state index contributed by atoms with van der Waals surface area (Å²) in [6.07, 6.45) is -0.839. The molecule has 2 N–H and O–H groups in total. The highest BCUT2D eigenvalue weighted by Crippen LogP contribution is 2.31. The van der Waals surface area contributed by atoms with Gasteiger partial charge in [0.15, 0.2) is 0 Å². The van der Waals surface area contributed by atoms with Crippen LogP contribution in [0, 0.1) is 6.92 Å². The average Bonchev–Trinajstić information content (AvgIpc) is 2.29. The van der Waals surface area contributed by atoms with Gasteiger partial charge in [0.2, 0.25) is 3.79 Å². The minimum Gasteiger partial charge on any atom is -0.362 e. The molecule has 1 aromatic rings. The van der Waals surface area contributed by atoms with Crippen molar-refractivity contribution < 1.29 is 4.79 Å². The van der Waals surface area contributed by atoms with E-state index in [-0.39, 0.29) is 6.03 Å². The standard InChI is InChI=1S/C12H16Cl3N3O/c1-8-6-4-5-7-9(8)16-10(12(13,14)15)17-11(19)18(2)3/h4-7,10,16H,1-3H3,(H,17,19)/t10-/m0/s1. The maximum atomic E-state index is 11.7. The quantitative estimate of drug-likeness (QED) is 0.661. The summed E-state index contributed by atoms with van der Waals surface area (Å²) in [5.41, 5.74) is 1.78. The largest absolute Gasteiger partial charge is 0.362 e. The monoisotopic (exact) mass is 323 g/mol. The summed E-state index contributed by atoms with van der Waals surface area (Å²) in [5, 5.41) is 5.63. The molecule has 0 aliphatic heterocycles. The molecule has 0 saturated heterocycles. The summed E-state index contributed by atoms with van der Waals surface area (Å²) in [6, 6.07) is 7.19. The van der Waals surface area contributed by atoms with Gasteiger partial charge in [-0.1, -0.05) is 53.0 Å². The lowest BCUT2D eigenvalue weighted by Crippen LogP contribution is -2.52. The molecule has 4 nitrogen and oxygen atoms in total. The first-order valence-electron chi connectivity index (χ1n) is 5.58. The number of nitrogens with zero attached hydrogens (tertiary/aromatic N) is 1. The molecular formula is C12H16Cl3N3O. The van der Waals surface area contributed by atoms with Gasteiger partial charge in [0.1, 0.15) is 6.17 Å². The fraction of sp³-hybridized carbons (Fsp3) is 0.417. The zero-order valence-corrected chi connectivity index (χ0v) is 13.1. The smallest absolute Gasteiger partial charge is 0.318 e. The number of hydrogen-bond donors (Lipinski definition) is 2. The van der Waals surface area contributed by atoms with Crippen LogP contribution in [0.3, 0.4) is 0 Å². The molecule has 0 bridgehead atoms. The van der Waals surface area contributed by atoms with E-state index in [1.54, 1.807) is 14.1 Å². The van der Waals surface area contributed by atoms with E-state index in [4.69, 9.17) is 34.8 Å². The van der Waals surface area contributed by atoms with Gasteiger partial charge in [0, 0.05) is 19.8 Å². The van der Waals surface area contributed by atoms with E-state index in [0.29, 0.717) is 0 Å². The molecular weight excluding hydrogens is 309 g/mol. The number of benzene rings is 1. The number of carbonyl (C=O) groups excluding carboxylic acids is 1. The Morgan fingerprint density at radius 2 is 1.84 bits per heavy atom. The Morgan fingerprint density at radius 3 is 2.32 bits per heavy atom. The molecule has 0 radical (unpaired) electrons. The number of anilines is 1. The summed E-state index contributed by atoms with van der Waals surface area (Å²) in [6.45, 7) is 1.92. The van der Waals surface area contributed by atoms with Crippen molar-refractivity contribution in [3.8, 4) is 0 Å². The summed E-state index contributed by atoms with van der Waals surface area (Å²) in [4.78, 5) is 13.0. The Kier molecular flexibility index (Phi) is 5.59. The van der Waals surface area contributed by atoms with Crippen LogP contribution in [-0.4, -0.2) is 35.0 Å². The van der Waals surface area contributed by atoms with Crippen LogP contribution in [0.2, 0.25) is 0 Å². The van der Waals surface area contributed by atoms with Gasteiger partial charge in [-0.15, -0.1) is 0 Å². The van der Waals surface area contributed by atoms with E-state index in [0.717, 1.165) is 11.3 Å². The van der Waals surface area contributed by atoms with Gasteiger partial charge >= 0.3 is 6.03 Å². The summed E-state index contributed by atoms with van der Waals surface area (Å²) >= 11 is 17.7. The number of rotatable bonds is 3. The van der Waals surface area contributed by atoms with Gasteiger partial charge in [-0.25, -0.2) is 4.79 Å². The molecule has 0 aromatic heterocycles. The van der Waals surface area contributed by atoms with E-state index in [9.17, 15) is 4.79 Å². The predicted octanol–water partition coefficient (Wildman–Crippen LogP) is 3.37. The van der Waals surface area contributed by atoms with Crippen LogP contribution < -0.4 is 10.6 Å². The normalized spacial score (nSPS) is 12.7. The van der Waals surface area contributed by atoms with Crippen LogP contribution in [0.25, 0.3) is 0 Å². The topological polar surface area (TPSA) is 44.4 Å². The van der Waals surface area contributed by atoms with Crippen molar-refractivity contribution in [2.24, 2.45) is 0 Å². The molecule has 0 heterocycles. The molecule has 0 spiro atoms. The Morgan fingerprint density at radius 1 is 1.26 bits per heavy atom. The molecule has 0 aliphatic rings. The minimum absolute atomic E-state index is 0.350. The second-order valence-electron chi connectivity index (χ2n) is 4.28. The Hall–Kier alpha value is -0.840. The number of amides is 2.